The molecule has 0 aliphatic carbocycles. The molecule has 7 heteroatoms. The Morgan fingerprint density at radius 3 is 2.42 bits per heavy atom. The van der Waals surface area contributed by atoms with E-state index in [2.05, 4.69) is 5.32 Å². The van der Waals surface area contributed by atoms with Gasteiger partial charge in [-0.2, -0.15) is 0 Å². The molecule has 2 aromatic rings. The number of amides is 1. The van der Waals surface area contributed by atoms with Crippen molar-refractivity contribution in [1.82, 2.24) is 5.32 Å². The van der Waals surface area contributed by atoms with Crippen molar-refractivity contribution >= 4 is 11.6 Å². The van der Waals surface area contributed by atoms with Crippen LogP contribution in [0.2, 0.25) is 0 Å². The quantitative estimate of drug-likeness (QED) is 0.649. The summed E-state index contributed by atoms with van der Waals surface area (Å²) >= 11 is 0. The van der Waals surface area contributed by atoms with Crippen LogP contribution in [0.15, 0.2) is 42.5 Å². The van der Waals surface area contributed by atoms with Gasteiger partial charge < -0.3 is 14.8 Å². The number of carbonyl (C=O) groups is 1. The standard InChI is InChI=1S/C17H18N2O5/c1-11(12-8-9-15(23-2)16(10-12)24-3)18-17(20)13-6-4-5-7-14(13)19(21)22/h4-11H,1-3H3,(H,18,20)/t11-/m0/s1. The van der Waals surface area contributed by atoms with Gasteiger partial charge in [0, 0.05) is 6.07 Å². The number of para-hydroxylation sites is 1. The zero-order valence-electron chi connectivity index (χ0n) is 13.6. The first-order valence-electron chi connectivity index (χ1n) is 7.24. The van der Waals surface area contributed by atoms with E-state index in [1.54, 1.807) is 31.2 Å². The minimum Gasteiger partial charge on any atom is -0.493 e. The summed E-state index contributed by atoms with van der Waals surface area (Å²) in [4.78, 5) is 22.8. The molecule has 0 aromatic heterocycles. The molecule has 0 unspecified atom stereocenters. The summed E-state index contributed by atoms with van der Waals surface area (Å²) in [5.74, 6) is 0.616. The van der Waals surface area contributed by atoms with E-state index in [0.29, 0.717) is 11.5 Å². The second kappa shape index (κ2) is 7.45. The summed E-state index contributed by atoms with van der Waals surface area (Å²) in [5, 5.41) is 13.8. The van der Waals surface area contributed by atoms with Crippen molar-refractivity contribution in [1.29, 1.82) is 0 Å². The monoisotopic (exact) mass is 330 g/mol. The van der Waals surface area contributed by atoms with Gasteiger partial charge in [0.05, 0.1) is 25.2 Å². The van der Waals surface area contributed by atoms with Crippen molar-refractivity contribution in [2.75, 3.05) is 14.2 Å². The third-order valence-corrected chi connectivity index (χ3v) is 3.60. The maximum absolute atomic E-state index is 12.4. The Bertz CT molecular complexity index is 760. The first-order chi connectivity index (χ1) is 11.5. The van der Waals surface area contributed by atoms with Crippen LogP contribution in [0, 0.1) is 10.1 Å². The third kappa shape index (κ3) is 3.62. The summed E-state index contributed by atoms with van der Waals surface area (Å²) in [6.07, 6.45) is 0. The largest absolute Gasteiger partial charge is 0.493 e. The van der Waals surface area contributed by atoms with Gasteiger partial charge in [0.2, 0.25) is 0 Å². The number of carbonyl (C=O) groups excluding carboxylic acids is 1. The number of nitro groups is 1. The van der Waals surface area contributed by atoms with Crippen LogP contribution in [0.3, 0.4) is 0 Å². The Kier molecular flexibility index (Phi) is 5.36. The Hall–Kier alpha value is -3.09. The van der Waals surface area contributed by atoms with Crippen molar-refractivity contribution < 1.29 is 19.2 Å². The highest BCUT2D eigenvalue weighted by atomic mass is 16.6. The molecule has 0 fully saturated rings. The molecule has 24 heavy (non-hydrogen) atoms. The van der Waals surface area contributed by atoms with Crippen molar-refractivity contribution in [3.63, 3.8) is 0 Å². The van der Waals surface area contributed by atoms with E-state index in [-0.39, 0.29) is 17.3 Å². The molecular weight excluding hydrogens is 312 g/mol. The van der Waals surface area contributed by atoms with Crippen LogP contribution in [0.4, 0.5) is 5.69 Å². The average Bonchev–Trinajstić information content (AvgIpc) is 2.60. The number of nitro benzene ring substituents is 1. The van der Waals surface area contributed by atoms with E-state index in [0.717, 1.165) is 5.56 Å². The van der Waals surface area contributed by atoms with Gasteiger partial charge >= 0.3 is 0 Å². The molecule has 0 heterocycles. The van der Waals surface area contributed by atoms with E-state index in [4.69, 9.17) is 9.47 Å². The first kappa shape index (κ1) is 17.3. The van der Waals surface area contributed by atoms with Gasteiger partial charge in [0.25, 0.3) is 11.6 Å². The molecule has 0 bridgehead atoms. The summed E-state index contributed by atoms with van der Waals surface area (Å²) in [6.45, 7) is 1.79. The van der Waals surface area contributed by atoms with Crippen LogP contribution in [-0.2, 0) is 0 Å². The highest BCUT2D eigenvalue weighted by molar-refractivity contribution is 5.98. The number of hydrogen-bond donors (Lipinski definition) is 1. The summed E-state index contributed by atoms with van der Waals surface area (Å²) in [6, 6.07) is 10.8. The van der Waals surface area contributed by atoms with Crippen LogP contribution < -0.4 is 14.8 Å². The fourth-order valence-electron chi connectivity index (χ4n) is 2.30. The van der Waals surface area contributed by atoms with E-state index in [9.17, 15) is 14.9 Å². The normalized spacial score (nSPS) is 11.5. The highest BCUT2D eigenvalue weighted by Crippen LogP contribution is 2.30. The Morgan fingerprint density at radius 1 is 1.12 bits per heavy atom. The lowest BCUT2D eigenvalue weighted by molar-refractivity contribution is -0.385. The lowest BCUT2D eigenvalue weighted by atomic mass is 10.1. The van der Waals surface area contributed by atoms with Gasteiger partial charge in [0.1, 0.15) is 5.56 Å². The summed E-state index contributed by atoms with van der Waals surface area (Å²) < 4.78 is 10.4. The molecule has 1 amide bonds. The van der Waals surface area contributed by atoms with Gasteiger partial charge in [-0.3, -0.25) is 14.9 Å². The molecule has 126 valence electrons. The Morgan fingerprint density at radius 2 is 1.79 bits per heavy atom. The second-order valence-corrected chi connectivity index (χ2v) is 5.08. The summed E-state index contributed by atoms with van der Waals surface area (Å²) in [5.41, 5.74) is 0.587. The molecule has 0 aliphatic heterocycles. The summed E-state index contributed by atoms with van der Waals surface area (Å²) in [7, 11) is 3.06. The molecule has 7 nitrogen and oxygen atoms in total. The molecule has 1 atom stereocenters. The lowest BCUT2D eigenvalue weighted by Gasteiger charge is -2.16. The SMILES string of the molecule is COc1ccc([C@H](C)NC(=O)c2ccccc2[N+](=O)[O-])cc1OC. The number of hydrogen-bond acceptors (Lipinski definition) is 5. The molecule has 2 rings (SSSR count). The fourth-order valence-corrected chi connectivity index (χ4v) is 2.30. The van der Waals surface area contributed by atoms with E-state index in [1.165, 1.54) is 32.4 Å². The molecule has 0 saturated heterocycles. The van der Waals surface area contributed by atoms with Crippen LogP contribution in [0.1, 0.15) is 28.9 Å². The number of ether oxygens (including phenoxy) is 2. The van der Waals surface area contributed by atoms with Gasteiger partial charge in [-0.1, -0.05) is 18.2 Å². The van der Waals surface area contributed by atoms with Gasteiger partial charge in [0.15, 0.2) is 11.5 Å². The van der Waals surface area contributed by atoms with Gasteiger partial charge in [-0.25, -0.2) is 0 Å². The van der Waals surface area contributed by atoms with Crippen LogP contribution in [0.25, 0.3) is 0 Å². The second-order valence-electron chi connectivity index (χ2n) is 5.08. The molecule has 1 N–H and O–H groups in total. The Labute approximate surface area is 139 Å². The Balaban J connectivity index is 2.22. The zero-order valence-corrected chi connectivity index (χ0v) is 13.6. The maximum Gasteiger partial charge on any atom is 0.282 e. The highest BCUT2D eigenvalue weighted by Gasteiger charge is 2.21. The number of rotatable bonds is 6. The molecule has 0 radical (unpaired) electrons. The number of nitrogens with one attached hydrogen (secondary N) is 1. The predicted molar refractivity (Wildman–Crippen MR) is 88.5 cm³/mol. The number of nitrogens with zero attached hydrogens (tertiary/aromatic N) is 1. The topological polar surface area (TPSA) is 90.7 Å². The fraction of sp³-hybridized carbons (Fsp3) is 0.235. The van der Waals surface area contributed by atoms with Gasteiger partial charge in [-0.15, -0.1) is 0 Å². The van der Waals surface area contributed by atoms with E-state index in [1.807, 2.05) is 0 Å². The first-order valence-corrected chi connectivity index (χ1v) is 7.24. The number of methoxy groups -OCH3 is 2. The predicted octanol–water partition coefficient (Wildman–Crippen LogP) is 3.10. The van der Waals surface area contributed by atoms with Crippen LogP contribution in [0.5, 0.6) is 11.5 Å². The third-order valence-electron chi connectivity index (χ3n) is 3.60. The minimum atomic E-state index is -0.573. The molecule has 0 aliphatic rings. The zero-order chi connectivity index (χ0) is 17.7. The van der Waals surface area contributed by atoms with E-state index < -0.39 is 10.8 Å². The van der Waals surface area contributed by atoms with Crippen LogP contribution >= 0.6 is 0 Å². The van der Waals surface area contributed by atoms with E-state index >= 15 is 0 Å². The lowest BCUT2D eigenvalue weighted by Crippen LogP contribution is -2.27. The van der Waals surface area contributed by atoms with Crippen molar-refractivity contribution in [3.8, 4) is 11.5 Å². The van der Waals surface area contributed by atoms with Crippen molar-refractivity contribution in [2.24, 2.45) is 0 Å². The van der Waals surface area contributed by atoms with Crippen molar-refractivity contribution in [3.05, 3.63) is 63.7 Å². The number of benzene rings is 2. The average molecular weight is 330 g/mol. The van der Waals surface area contributed by atoms with Crippen LogP contribution in [-0.4, -0.2) is 25.1 Å². The molecule has 2 aromatic carbocycles. The molecular formula is C17H18N2O5. The minimum absolute atomic E-state index is 0.0230. The molecule has 0 spiro atoms. The smallest absolute Gasteiger partial charge is 0.282 e. The maximum atomic E-state index is 12.4. The van der Waals surface area contributed by atoms with Crippen molar-refractivity contribution in [2.45, 2.75) is 13.0 Å². The van der Waals surface area contributed by atoms with Gasteiger partial charge in [-0.05, 0) is 30.7 Å². The molecule has 0 saturated carbocycles.